The van der Waals surface area contributed by atoms with Gasteiger partial charge in [-0.25, -0.2) is 0 Å². The zero-order valence-corrected chi connectivity index (χ0v) is 10.2. The molecule has 1 saturated heterocycles. The van der Waals surface area contributed by atoms with Crippen molar-refractivity contribution in [1.29, 1.82) is 0 Å². The van der Waals surface area contributed by atoms with Crippen LogP contribution in [0.2, 0.25) is 0 Å². The van der Waals surface area contributed by atoms with Crippen molar-refractivity contribution in [3.63, 3.8) is 0 Å². The molecule has 2 unspecified atom stereocenters. The first-order chi connectivity index (χ1) is 7.51. The van der Waals surface area contributed by atoms with Gasteiger partial charge in [0, 0.05) is 18.0 Å². The second-order valence-corrected chi connectivity index (χ2v) is 4.88. The third-order valence-electron chi connectivity index (χ3n) is 3.60. The second-order valence-electron chi connectivity index (χ2n) is 4.88. The molecule has 0 bridgehead atoms. The average molecular weight is 220 g/mol. The quantitative estimate of drug-likeness (QED) is 0.753. The molecule has 1 aromatic carbocycles. The van der Waals surface area contributed by atoms with Crippen molar-refractivity contribution in [2.45, 2.75) is 38.8 Å². The second kappa shape index (κ2) is 3.98. The van der Waals surface area contributed by atoms with Crippen molar-refractivity contribution in [2.24, 2.45) is 0 Å². The van der Waals surface area contributed by atoms with Crippen LogP contribution >= 0.6 is 0 Å². The summed E-state index contributed by atoms with van der Waals surface area (Å²) < 4.78 is 5.60. The molecule has 2 rings (SSSR count). The first kappa shape index (κ1) is 11.3. The molecule has 88 valence electrons. The van der Waals surface area contributed by atoms with E-state index >= 15 is 0 Å². The Balaban J connectivity index is 2.17. The summed E-state index contributed by atoms with van der Waals surface area (Å²) in [6, 6.07) is 6.11. The fraction of sp³-hybridized carbons (Fsp3) is 0.538. The summed E-state index contributed by atoms with van der Waals surface area (Å²) >= 11 is 0. The molecule has 1 aliphatic heterocycles. The Bertz CT molecular complexity index is 392. The van der Waals surface area contributed by atoms with E-state index in [4.69, 9.17) is 10.5 Å². The third kappa shape index (κ3) is 2.00. The number of nitrogens with two attached hydrogens (primary N) is 1. The van der Waals surface area contributed by atoms with Crippen LogP contribution in [0, 0.1) is 6.92 Å². The molecule has 0 aliphatic carbocycles. The highest BCUT2D eigenvalue weighted by Gasteiger charge is 2.36. The maximum atomic E-state index is 5.90. The molecule has 0 amide bonds. The molecule has 0 saturated carbocycles. The largest absolute Gasteiger partial charge is 0.398 e. The van der Waals surface area contributed by atoms with E-state index in [1.807, 2.05) is 19.1 Å². The van der Waals surface area contributed by atoms with Crippen LogP contribution in [0.5, 0.6) is 0 Å². The average Bonchev–Trinajstić information content (AvgIpc) is 2.53. The van der Waals surface area contributed by atoms with E-state index in [0.29, 0.717) is 0 Å². The molecule has 2 atom stereocenters. The minimum absolute atomic E-state index is 0.0156. The van der Waals surface area contributed by atoms with Gasteiger partial charge in [-0.05, 0) is 44.9 Å². The molecule has 3 N–H and O–H groups in total. The van der Waals surface area contributed by atoms with Gasteiger partial charge in [-0.1, -0.05) is 6.07 Å². The summed E-state index contributed by atoms with van der Waals surface area (Å²) in [6.45, 7) is 7.15. The molecule has 0 radical (unpaired) electrons. The Morgan fingerprint density at radius 2 is 2.25 bits per heavy atom. The van der Waals surface area contributed by atoms with E-state index in [9.17, 15) is 0 Å². The first-order valence-corrected chi connectivity index (χ1v) is 5.77. The van der Waals surface area contributed by atoms with Crippen LogP contribution < -0.4 is 11.1 Å². The zero-order chi connectivity index (χ0) is 11.8. The van der Waals surface area contributed by atoms with Gasteiger partial charge in [0.15, 0.2) is 0 Å². The minimum Gasteiger partial charge on any atom is -0.398 e. The molecule has 1 fully saturated rings. The topological polar surface area (TPSA) is 47.3 Å². The van der Waals surface area contributed by atoms with E-state index in [0.717, 1.165) is 30.0 Å². The number of aryl methyl sites for hydroxylation is 1. The van der Waals surface area contributed by atoms with Gasteiger partial charge < -0.3 is 15.8 Å². The van der Waals surface area contributed by atoms with Gasteiger partial charge in [-0.15, -0.1) is 0 Å². The van der Waals surface area contributed by atoms with Gasteiger partial charge in [-0.2, -0.15) is 0 Å². The number of benzene rings is 1. The predicted molar refractivity (Wildman–Crippen MR) is 67.7 cm³/mol. The van der Waals surface area contributed by atoms with Gasteiger partial charge in [0.1, 0.15) is 0 Å². The smallest absolute Gasteiger partial charge is 0.0774 e. The van der Waals surface area contributed by atoms with Crippen molar-refractivity contribution >= 4 is 11.4 Å². The van der Waals surface area contributed by atoms with Gasteiger partial charge in [0.2, 0.25) is 0 Å². The third-order valence-corrected chi connectivity index (χ3v) is 3.60. The van der Waals surface area contributed by atoms with Gasteiger partial charge in [0.25, 0.3) is 0 Å². The normalized spacial score (nSPS) is 29.3. The lowest BCUT2D eigenvalue weighted by Crippen LogP contribution is -2.41. The number of anilines is 2. The number of nitrogen functional groups attached to an aromatic ring is 1. The molecular formula is C13H20N2O. The molecule has 0 aromatic heterocycles. The van der Waals surface area contributed by atoms with Gasteiger partial charge in [-0.3, -0.25) is 0 Å². The van der Waals surface area contributed by atoms with Gasteiger partial charge >= 0.3 is 0 Å². The standard InChI is InChI=1S/C13H20N2O/c1-9-4-5-11(8-12(9)14)15-13(3)6-7-16-10(13)2/h4-5,8,10,15H,6-7,14H2,1-3H3. The SMILES string of the molecule is Cc1ccc(NC2(C)CCOC2C)cc1N. The molecule has 3 nitrogen and oxygen atoms in total. The van der Waals surface area contributed by atoms with Crippen LogP contribution in [0.1, 0.15) is 25.8 Å². The first-order valence-electron chi connectivity index (χ1n) is 5.77. The van der Waals surface area contributed by atoms with Crippen LogP contribution in [0.15, 0.2) is 18.2 Å². The molecule has 0 spiro atoms. The van der Waals surface area contributed by atoms with Crippen molar-refractivity contribution < 1.29 is 4.74 Å². The van der Waals surface area contributed by atoms with Crippen molar-refractivity contribution in [2.75, 3.05) is 17.7 Å². The van der Waals surface area contributed by atoms with Crippen LogP contribution in [0.4, 0.5) is 11.4 Å². The number of hydrogen-bond donors (Lipinski definition) is 2. The van der Waals surface area contributed by atoms with Crippen LogP contribution in [0.3, 0.4) is 0 Å². The number of nitrogens with one attached hydrogen (secondary N) is 1. The van der Waals surface area contributed by atoms with Crippen LogP contribution in [-0.4, -0.2) is 18.2 Å². The Labute approximate surface area is 97.0 Å². The monoisotopic (exact) mass is 220 g/mol. The van der Waals surface area contributed by atoms with E-state index in [1.165, 1.54) is 0 Å². The summed E-state index contributed by atoms with van der Waals surface area (Å²) in [5, 5.41) is 3.53. The fourth-order valence-electron chi connectivity index (χ4n) is 2.05. The Morgan fingerprint density at radius 1 is 1.50 bits per heavy atom. The lowest BCUT2D eigenvalue weighted by molar-refractivity contribution is 0.105. The maximum absolute atomic E-state index is 5.90. The summed E-state index contributed by atoms with van der Waals surface area (Å²) in [6.07, 6.45) is 1.26. The summed E-state index contributed by atoms with van der Waals surface area (Å²) in [5.74, 6) is 0. The van der Waals surface area contributed by atoms with Gasteiger partial charge in [0.05, 0.1) is 11.6 Å². The van der Waals surface area contributed by atoms with Crippen LogP contribution in [0.25, 0.3) is 0 Å². The molecular weight excluding hydrogens is 200 g/mol. The van der Waals surface area contributed by atoms with E-state index in [2.05, 4.69) is 25.2 Å². The fourth-order valence-corrected chi connectivity index (χ4v) is 2.05. The predicted octanol–water partition coefficient (Wildman–Crippen LogP) is 2.56. The summed E-state index contributed by atoms with van der Waals surface area (Å²) in [4.78, 5) is 0. The number of rotatable bonds is 2. The highest BCUT2D eigenvalue weighted by atomic mass is 16.5. The highest BCUT2D eigenvalue weighted by Crippen LogP contribution is 2.30. The van der Waals surface area contributed by atoms with Crippen molar-refractivity contribution in [1.82, 2.24) is 0 Å². The maximum Gasteiger partial charge on any atom is 0.0774 e. The molecule has 1 aliphatic rings. The summed E-state index contributed by atoms with van der Waals surface area (Å²) in [7, 11) is 0. The molecule has 16 heavy (non-hydrogen) atoms. The van der Waals surface area contributed by atoms with Crippen LogP contribution in [-0.2, 0) is 4.74 Å². The zero-order valence-electron chi connectivity index (χ0n) is 10.2. The molecule has 1 heterocycles. The lowest BCUT2D eigenvalue weighted by Gasteiger charge is -2.30. The number of hydrogen-bond acceptors (Lipinski definition) is 3. The Kier molecular flexibility index (Phi) is 2.80. The van der Waals surface area contributed by atoms with E-state index in [1.54, 1.807) is 0 Å². The Morgan fingerprint density at radius 3 is 2.81 bits per heavy atom. The molecule has 1 aromatic rings. The number of ether oxygens (including phenoxy) is 1. The minimum atomic E-state index is 0.0156. The Hall–Kier alpha value is -1.22. The lowest BCUT2D eigenvalue weighted by atomic mass is 9.94. The molecule has 3 heteroatoms. The van der Waals surface area contributed by atoms with Crippen molar-refractivity contribution in [3.8, 4) is 0 Å². The van der Waals surface area contributed by atoms with E-state index in [-0.39, 0.29) is 11.6 Å². The van der Waals surface area contributed by atoms with Crippen molar-refractivity contribution in [3.05, 3.63) is 23.8 Å². The highest BCUT2D eigenvalue weighted by molar-refractivity contribution is 5.59. The summed E-state index contributed by atoms with van der Waals surface area (Å²) in [5.41, 5.74) is 8.94. The van der Waals surface area contributed by atoms with E-state index < -0.39 is 0 Å².